The summed E-state index contributed by atoms with van der Waals surface area (Å²) >= 11 is 0. The zero-order chi connectivity index (χ0) is 10.1. The van der Waals surface area contributed by atoms with Gasteiger partial charge in [-0.3, -0.25) is 4.90 Å². The fraction of sp³-hybridized carbons (Fsp3) is 0.889. The van der Waals surface area contributed by atoms with Gasteiger partial charge in [0.25, 0.3) is 0 Å². The van der Waals surface area contributed by atoms with Crippen molar-refractivity contribution in [2.75, 3.05) is 6.54 Å². The number of aliphatic hydroxyl groups is 1. The van der Waals surface area contributed by atoms with Crippen LogP contribution in [0.25, 0.3) is 0 Å². The number of ether oxygens (including phenoxy) is 1. The standard InChI is InChI=1S/C9H17NO3/c1-9(2,3)13-8(12)10-6-4-5-7(10)11/h7,11H,4-6H2,1-3H3/t7-/m1/s1. The topological polar surface area (TPSA) is 49.8 Å². The fourth-order valence-corrected chi connectivity index (χ4v) is 1.28. The van der Waals surface area contributed by atoms with Gasteiger partial charge in [0.1, 0.15) is 11.8 Å². The van der Waals surface area contributed by atoms with Gasteiger partial charge in [0.2, 0.25) is 0 Å². The van der Waals surface area contributed by atoms with Gasteiger partial charge in [-0.25, -0.2) is 4.79 Å². The van der Waals surface area contributed by atoms with Crippen LogP contribution in [0.15, 0.2) is 0 Å². The summed E-state index contributed by atoms with van der Waals surface area (Å²) < 4.78 is 5.12. The van der Waals surface area contributed by atoms with E-state index in [-0.39, 0.29) is 0 Å². The lowest BCUT2D eigenvalue weighted by Gasteiger charge is -2.26. The highest BCUT2D eigenvalue weighted by molar-refractivity contribution is 5.68. The molecule has 76 valence electrons. The molecule has 1 saturated heterocycles. The van der Waals surface area contributed by atoms with Crippen LogP contribution in [-0.4, -0.2) is 34.5 Å². The van der Waals surface area contributed by atoms with Gasteiger partial charge < -0.3 is 9.84 Å². The molecule has 4 nitrogen and oxygen atoms in total. The average molecular weight is 187 g/mol. The largest absolute Gasteiger partial charge is 0.444 e. The van der Waals surface area contributed by atoms with Crippen LogP contribution < -0.4 is 0 Å². The number of rotatable bonds is 0. The van der Waals surface area contributed by atoms with Crippen molar-refractivity contribution in [3.8, 4) is 0 Å². The van der Waals surface area contributed by atoms with Crippen LogP contribution in [0.2, 0.25) is 0 Å². The summed E-state index contributed by atoms with van der Waals surface area (Å²) in [6.45, 7) is 6.03. The van der Waals surface area contributed by atoms with Gasteiger partial charge in [-0.1, -0.05) is 0 Å². The van der Waals surface area contributed by atoms with Gasteiger partial charge in [-0.15, -0.1) is 0 Å². The highest BCUT2D eigenvalue weighted by Crippen LogP contribution is 2.18. The molecular formula is C9H17NO3. The third-order valence-corrected chi connectivity index (χ3v) is 1.85. The van der Waals surface area contributed by atoms with Crippen molar-refractivity contribution < 1.29 is 14.6 Å². The highest BCUT2D eigenvalue weighted by atomic mass is 16.6. The lowest BCUT2D eigenvalue weighted by atomic mass is 10.2. The number of likely N-dealkylation sites (tertiary alicyclic amines) is 1. The van der Waals surface area contributed by atoms with E-state index in [0.29, 0.717) is 13.0 Å². The van der Waals surface area contributed by atoms with Crippen molar-refractivity contribution in [1.82, 2.24) is 4.90 Å². The molecule has 0 aromatic carbocycles. The second-order valence-electron chi connectivity index (χ2n) is 4.30. The number of aliphatic hydroxyl groups excluding tert-OH is 1. The molecule has 1 atom stereocenters. The van der Waals surface area contributed by atoms with E-state index in [2.05, 4.69) is 0 Å². The fourth-order valence-electron chi connectivity index (χ4n) is 1.28. The molecule has 13 heavy (non-hydrogen) atoms. The van der Waals surface area contributed by atoms with Crippen LogP contribution in [-0.2, 0) is 4.74 Å². The minimum Gasteiger partial charge on any atom is -0.444 e. The molecule has 0 unspecified atom stereocenters. The van der Waals surface area contributed by atoms with Gasteiger partial charge in [0, 0.05) is 6.54 Å². The van der Waals surface area contributed by atoms with Gasteiger partial charge in [-0.2, -0.15) is 0 Å². The Labute approximate surface area is 78.5 Å². The van der Waals surface area contributed by atoms with Crippen LogP contribution in [0.5, 0.6) is 0 Å². The Bertz CT molecular complexity index is 198. The smallest absolute Gasteiger partial charge is 0.412 e. The van der Waals surface area contributed by atoms with Crippen molar-refractivity contribution in [1.29, 1.82) is 0 Å². The van der Waals surface area contributed by atoms with Crippen molar-refractivity contribution in [2.24, 2.45) is 0 Å². The third kappa shape index (κ3) is 2.88. The van der Waals surface area contributed by atoms with Gasteiger partial charge >= 0.3 is 6.09 Å². The van der Waals surface area contributed by atoms with E-state index in [1.807, 2.05) is 20.8 Å². The molecule has 1 heterocycles. The quantitative estimate of drug-likeness (QED) is 0.622. The number of amides is 1. The maximum Gasteiger partial charge on any atom is 0.412 e. The first kappa shape index (κ1) is 10.3. The molecule has 1 amide bonds. The lowest BCUT2D eigenvalue weighted by molar-refractivity contribution is -0.0128. The predicted octanol–water partition coefficient (Wildman–Crippen LogP) is 1.34. The van der Waals surface area contributed by atoms with E-state index >= 15 is 0 Å². The van der Waals surface area contributed by atoms with Crippen molar-refractivity contribution in [2.45, 2.75) is 45.4 Å². The van der Waals surface area contributed by atoms with E-state index in [1.54, 1.807) is 0 Å². The van der Waals surface area contributed by atoms with E-state index in [9.17, 15) is 9.90 Å². The summed E-state index contributed by atoms with van der Waals surface area (Å²) in [7, 11) is 0. The highest BCUT2D eigenvalue weighted by Gasteiger charge is 2.30. The Hall–Kier alpha value is -0.770. The first-order chi connectivity index (χ1) is 5.90. The molecule has 0 aromatic heterocycles. The predicted molar refractivity (Wildman–Crippen MR) is 48.2 cm³/mol. The van der Waals surface area contributed by atoms with Crippen molar-refractivity contribution in [3.05, 3.63) is 0 Å². The van der Waals surface area contributed by atoms with Crippen LogP contribution in [0.4, 0.5) is 4.79 Å². The van der Waals surface area contributed by atoms with E-state index in [4.69, 9.17) is 4.74 Å². The summed E-state index contributed by atoms with van der Waals surface area (Å²) in [4.78, 5) is 12.8. The molecule has 0 bridgehead atoms. The zero-order valence-electron chi connectivity index (χ0n) is 8.41. The van der Waals surface area contributed by atoms with Gasteiger partial charge in [-0.05, 0) is 33.6 Å². The second kappa shape index (κ2) is 3.54. The maximum atomic E-state index is 11.4. The third-order valence-electron chi connectivity index (χ3n) is 1.85. The normalized spacial score (nSPS) is 23.4. The Morgan fingerprint density at radius 1 is 1.54 bits per heavy atom. The number of nitrogens with zero attached hydrogens (tertiary/aromatic N) is 1. The second-order valence-corrected chi connectivity index (χ2v) is 4.30. The van der Waals surface area contributed by atoms with Crippen molar-refractivity contribution >= 4 is 6.09 Å². The average Bonchev–Trinajstić information content (AvgIpc) is 2.30. The van der Waals surface area contributed by atoms with Gasteiger partial charge in [0.15, 0.2) is 0 Å². The molecule has 1 aliphatic heterocycles. The molecule has 0 radical (unpaired) electrons. The Kier molecular flexibility index (Phi) is 2.81. The molecular weight excluding hydrogens is 170 g/mol. The van der Waals surface area contributed by atoms with Gasteiger partial charge in [0.05, 0.1) is 0 Å². The monoisotopic (exact) mass is 187 g/mol. The first-order valence-corrected chi connectivity index (χ1v) is 4.58. The minimum atomic E-state index is -0.658. The van der Waals surface area contributed by atoms with Crippen LogP contribution in [0.1, 0.15) is 33.6 Å². The molecule has 0 spiro atoms. The molecule has 1 aliphatic rings. The van der Waals surface area contributed by atoms with E-state index in [1.165, 1.54) is 4.90 Å². The summed E-state index contributed by atoms with van der Waals surface area (Å²) in [6.07, 6.45) is 0.423. The number of hydrogen-bond donors (Lipinski definition) is 1. The zero-order valence-corrected chi connectivity index (χ0v) is 8.41. The van der Waals surface area contributed by atoms with Crippen LogP contribution in [0, 0.1) is 0 Å². The number of carbonyl (C=O) groups excluding carboxylic acids is 1. The Morgan fingerprint density at radius 2 is 2.15 bits per heavy atom. The molecule has 1 fully saturated rings. The summed E-state index contributed by atoms with van der Waals surface area (Å²) in [6, 6.07) is 0. The van der Waals surface area contributed by atoms with Crippen LogP contribution in [0.3, 0.4) is 0 Å². The number of hydrogen-bond acceptors (Lipinski definition) is 3. The van der Waals surface area contributed by atoms with E-state index in [0.717, 1.165) is 6.42 Å². The molecule has 0 saturated carbocycles. The molecule has 0 aromatic rings. The maximum absolute atomic E-state index is 11.4. The van der Waals surface area contributed by atoms with Crippen LogP contribution >= 0.6 is 0 Å². The summed E-state index contributed by atoms with van der Waals surface area (Å²) in [5.74, 6) is 0. The Balaban J connectivity index is 2.48. The molecule has 1 rings (SSSR count). The first-order valence-electron chi connectivity index (χ1n) is 4.58. The Morgan fingerprint density at radius 3 is 2.54 bits per heavy atom. The summed E-state index contributed by atoms with van der Waals surface area (Å²) in [5.41, 5.74) is -0.487. The number of carbonyl (C=O) groups is 1. The SMILES string of the molecule is CC(C)(C)OC(=O)N1CCC[C@H]1O. The lowest BCUT2D eigenvalue weighted by Crippen LogP contribution is -2.39. The summed E-state index contributed by atoms with van der Waals surface area (Å²) in [5, 5.41) is 9.38. The molecule has 0 aliphatic carbocycles. The van der Waals surface area contributed by atoms with E-state index < -0.39 is 17.9 Å². The minimum absolute atomic E-state index is 0.419. The molecule has 1 N–H and O–H groups in total. The van der Waals surface area contributed by atoms with Crippen molar-refractivity contribution in [3.63, 3.8) is 0 Å². The molecule has 4 heteroatoms.